The van der Waals surface area contributed by atoms with Gasteiger partial charge in [-0.15, -0.1) is 0 Å². The van der Waals surface area contributed by atoms with Crippen LogP contribution in [-0.4, -0.2) is 35.4 Å². The Bertz CT molecular complexity index is 689. The molecule has 2 rings (SSSR count). The van der Waals surface area contributed by atoms with Gasteiger partial charge in [0, 0.05) is 36.1 Å². The van der Waals surface area contributed by atoms with E-state index < -0.39 is 5.92 Å². The number of rotatable bonds is 6. The summed E-state index contributed by atoms with van der Waals surface area (Å²) in [6, 6.07) is 10.4. The number of esters is 1. The number of benzene rings is 1. The van der Waals surface area contributed by atoms with Gasteiger partial charge in [-0.25, -0.2) is 0 Å². The number of ether oxygens (including phenoxy) is 1. The molecule has 1 aromatic carbocycles. The van der Waals surface area contributed by atoms with Crippen LogP contribution in [0.5, 0.6) is 0 Å². The van der Waals surface area contributed by atoms with E-state index in [9.17, 15) is 9.59 Å². The molecule has 0 aliphatic rings. The van der Waals surface area contributed by atoms with Crippen LogP contribution in [0.2, 0.25) is 5.02 Å². The molecule has 1 heterocycles. The number of carbonyl (C=O) groups is 2. The first-order valence-corrected chi connectivity index (χ1v) is 7.90. The van der Waals surface area contributed by atoms with Gasteiger partial charge in [-0.05, 0) is 42.0 Å². The highest BCUT2D eigenvalue weighted by atomic mass is 35.5. The van der Waals surface area contributed by atoms with Crippen LogP contribution in [0.4, 0.5) is 0 Å². The average Bonchev–Trinajstić information content (AvgIpc) is 2.61. The number of hydrogen-bond acceptors (Lipinski definition) is 4. The minimum absolute atomic E-state index is 0.167. The highest BCUT2D eigenvalue weighted by molar-refractivity contribution is 6.30. The molecule has 1 atom stereocenters. The molecule has 1 aromatic heterocycles. The van der Waals surface area contributed by atoms with Gasteiger partial charge in [0.1, 0.15) is 0 Å². The van der Waals surface area contributed by atoms with Crippen LogP contribution in [0, 0.1) is 5.92 Å². The standard InChI is InChI=1S/C18H19ClN2O3/c1-13(18(23)24-2)11-21(12-14-7-9-20-10-8-14)17(22)15-3-5-16(19)6-4-15/h3-10,13H,11-12H2,1-2H3. The number of hydrogen-bond donors (Lipinski definition) is 0. The van der Waals surface area contributed by atoms with Gasteiger partial charge in [0.15, 0.2) is 0 Å². The Labute approximate surface area is 146 Å². The number of halogens is 1. The minimum atomic E-state index is -0.423. The van der Waals surface area contributed by atoms with Crippen molar-refractivity contribution < 1.29 is 14.3 Å². The lowest BCUT2D eigenvalue weighted by Crippen LogP contribution is -2.36. The highest BCUT2D eigenvalue weighted by Crippen LogP contribution is 2.15. The highest BCUT2D eigenvalue weighted by Gasteiger charge is 2.22. The summed E-state index contributed by atoms with van der Waals surface area (Å²) in [5.74, 6) is -0.939. The van der Waals surface area contributed by atoms with E-state index in [1.165, 1.54) is 7.11 Å². The Morgan fingerprint density at radius 1 is 1.17 bits per heavy atom. The third-order valence-corrected chi connectivity index (χ3v) is 3.85. The van der Waals surface area contributed by atoms with Crippen molar-refractivity contribution in [3.05, 3.63) is 64.9 Å². The molecule has 5 nitrogen and oxygen atoms in total. The molecule has 0 spiro atoms. The molecule has 0 bridgehead atoms. The van der Waals surface area contributed by atoms with E-state index in [4.69, 9.17) is 16.3 Å². The summed E-state index contributed by atoms with van der Waals surface area (Å²) in [6.45, 7) is 2.38. The molecule has 0 aliphatic heterocycles. The second-order valence-corrected chi connectivity index (χ2v) is 5.91. The van der Waals surface area contributed by atoms with E-state index in [1.807, 2.05) is 12.1 Å². The fourth-order valence-corrected chi connectivity index (χ4v) is 2.44. The molecule has 0 saturated carbocycles. The molecule has 0 radical (unpaired) electrons. The van der Waals surface area contributed by atoms with Crippen LogP contribution < -0.4 is 0 Å². The normalized spacial score (nSPS) is 11.6. The molecule has 0 aliphatic carbocycles. The van der Waals surface area contributed by atoms with Crippen LogP contribution in [0.3, 0.4) is 0 Å². The maximum Gasteiger partial charge on any atom is 0.310 e. The van der Waals surface area contributed by atoms with Crippen LogP contribution in [-0.2, 0) is 16.1 Å². The van der Waals surface area contributed by atoms with Crippen molar-refractivity contribution in [3.8, 4) is 0 Å². The Morgan fingerprint density at radius 2 is 1.79 bits per heavy atom. The first-order valence-electron chi connectivity index (χ1n) is 7.53. The summed E-state index contributed by atoms with van der Waals surface area (Å²) in [6.07, 6.45) is 3.34. The van der Waals surface area contributed by atoms with Gasteiger partial charge in [0.05, 0.1) is 13.0 Å². The third-order valence-electron chi connectivity index (χ3n) is 3.60. The fourth-order valence-electron chi connectivity index (χ4n) is 2.31. The number of carbonyl (C=O) groups excluding carboxylic acids is 2. The summed E-state index contributed by atoms with van der Waals surface area (Å²) in [7, 11) is 1.34. The second-order valence-electron chi connectivity index (χ2n) is 5.47. The Kier molecular flexibility index (Phi) is 6.32. The van der Waals surface area contributed by atoms with E-state index >= 15 is 0 Å². The van der Waals surface area contributed by atoms with Crippen LogP contribution >= 0.6 is 11.6 Å². The number of amides is 1. The lowest BCUT2D eigenvalue weighted by atomic mass is 10.1. The van der Waals surface area contributed by atoms with Crippen LogP contribution in [0.15, 0.2) is 48.8 Å². The topological polar surface area (TPSA) is 59.5 Å². The maximum atomic E-state index is 12.8. The molecule has 1 amide bonds. The summed E-state index contributed by atoms with van der Waals surface area (Å²) in [5.41, 5.74) is 1.45. The summed E-state index contributed by atoms with van der Waals surface area (Å²) < 4.78 is 4.76. The molecular formula is C18H19ClN2O3. The molecule has 1 unspecified atom stereocenters. The number of pyridine rings is 1. The van der Waals surface area contributed by atoms with E-state index in [0.29, 0.717) is 17.1 Å². The van der Waals surface area contributed by atoms with Crippen molar-refractivity contribution in [1.29, 1.82) is 0 Å². The van der Waals surface area contributed by atoms with Crippen molar-refractivity contribution in [2.75, 3.05) is 13.7 Å². The smallest absolute Gasteiger partial charge is 0.310 e. The summed E-state index contributed by atoms with van der Waals surface area (Å²) in [5, 5.41) is 0.565. The molecular weight excluding hydrogens is 328 g/mol. The van der Waals surface area contributed by atoms with Gasteiger partial charge in [0.2, 0.25) is 0 Å². The van der Waals surface area contributed by atoms with E-state index in [1.54, 1.807) is 48.5 Å². The van der Waals surface area contributed by atoms with E-state index in [2.05, 4.69) is 4.98 Å². The van der Waals surface area contributed by atoms with Crippen molar-refractivity contribution in [3.63, 3.8) is 0 Å². The molecule has 0 N–H and O–H groups in total. The maximum absolute atomic E-state index is 12.8. The quantitative estimate of drug-likeness (QED) is 0.754. The van der Waals surface area contributed by atoms with Gasteiger partial charge in [-0.3, -0.25) is 14.6 Å². The monoisotopic (exact) mass is 346 g/mol. The number of nitrogens with zero attached hydrogens (tertiary/aromatic N) is 2. The molecule has 2 aromatic rings. The zero-order chi connectivity index (χ0) is 17.5. The number of aromatic nitrogens is 1. The van der Waals surface area contributed by atoms with Gasteiger partial charge in [-0.1, -0.05) is 18.5 Å². The summed E-state index contributed by atoms with van der Waals surface area (Å²) >= 11 is 5.88. The first kappa shape index (κ1) is 17.9. The lowest BCUT2D eigenvalue weighted by molar-refractivity contribution is -0.145. The zero-order valence-electron chi connectivity index (χ0n) is 13.6. The van der Waals surface area contributed by atoms with Gasteiger partial charge >= 0.3 is 5.97 Å². The largest absolute Gasteiger partial charge is 0.469 e. The van der Waals surface area contributed by atoms with Crippen molar-refractivity contribution in [1.82, 2.24) is 9.88 Å². The van der Waals surface area contributed by atoms with E-state index in [-0.39, 0.29) is 18.4 Å². The average molecular weight is 347 g/mol. The molecule has 126 valence electrons. The molecule has 6 heteroatoms. The lowest BCUT2D eigenvalue weighted by Gasteiger charge is -2.25. The Morgan fingerprint density at radius 3 is 2.38 bits per heavy atom. The number of methoxy groups -OCH3 is 1. The second kappa shape index (κ2) is 8.45. The SMILES string of the molecule is COC(=O)C(C)CN(Cc1ccncc1)C(=O)c1ccc(Cl)cc1. The van der Waals surface area contributed by atoms with Crippen molar-refractivity contribution in [2.45, 2.75) is 13.5 Å². The molecule has 24 heavy (non-hydrogen) atoms. The van der Waals surface area contributed by atoms with Gasteiger partial charge in [-0.2, -0.15) is 0 Å². The predicted octanol–water partition coefficient (Wildman–Crippen LogP) is 3.19. The molecule has 0 fully saturated rings. The first-order chi connectivity index (χ1) is 11.5. The Balaban J connectivity index is 2.22. The van der Waals surface area contributed by atoms with Crippen LogP contribution in [0.1, 0.15) is 22.8 Å². The Hall–Kier alpha value is -2.40. The fraction of sp³-hybridized carbons (Fsp3) is 0.278. The van der Waals surface area contributed by atoms with Crippen LogP contribution in [0.25, 0.3) is 0 Å². The molecule has 0 saturated heterocycles. The third kappa shape index (κ3) is 4.80. The zero-order valence-corrected chi connectivity index (χ0v) is 14.4. The van der Waals surface area contributed by atoms with E-state index in [0.717, 1.165) is 5.56 Å². The van der Waals surface area contributed by atoms with Gasteiger partial charge in [0.25, 0.3) is 5.91 Å². The minimum Gasteiger partial charge on any atom is -0.469 e. The summed E-state index contributed by atoms with van der Waals surface area (Å²) in [4.78, 5) is 30.1. The predicted molar refractivity (Wildman–Crippen MR) is 91.6 cm³/mol. The van der Waals surface area contributed by atoms with Gasteiger partial charge < -0.3 is 9.64 Å². The van der Waals surface area contributed by atoms with Crippen molar-refractivity contribution in [2.24, 2.45) is 5.92 Å². The van der Waals surface area contributed by atoms with Crippen molar-refractivity contribution >= 4 is 23.5 Å².